The molecule has 2 rings (SSSR count). The maximum absolute atomic E-state index is 11.9. The van der Waals surface area contributed by atoms with Gasteiger partial charge in [-0.3, -0.25) is 0 Å². The Hall–Kier alpha value is -1.43. The number of alkyl halides is 2. The highest BCUT2D eigenvalue weighted by Crippen LogP contribution is 2.17. The van der Waals surface area contributed by atoms with Crippen LogP contribution >= 0.6 is 0 Å². The van der Waals surface area contributed by atoms with Crippen molar-refractivity contribution in [2.75, 3.05) is 31.1 Å². The first-order valence-corrected chi connectivity index (χ1v) is 5.12. The number of rotatable bonds is 3. The van der Waals surface area contributed by atoms with Gasteiger partial charge >= 0.3 is 6.61 Å². The minimum absolute atomic E-state index is 0.0473. The SMILES string of the molecule is FC(F)Oc1ccc(N2CCNCC2)cn1. The van der Waals surface area contributed by atoms with Gasteiger partial charge in [0.05, 0.1) is 11.9 Å². The third kappa shape index (κ3) is 2.79. The number of pyridine rings is 1. The first-order chi connectivity index (χ1) is 7.75. The number of hydrogen-bond acceptors (Lipinski definition) is 4. The van der Waals surface area contributed by atoms with Gasteiger partial charge in [-0.15, -0.1) is 0 Å². The maximum atomic E-state index is 11.9. The van der Waals surface area contributed by atoms with Crippen molar-refractivity contribution in [3.63, 3.8) is 0 Å². The number of hydrogen-bond donors (Lipinski definition) is 1. The third-order valence-electron chi connectivity index (χ3n) is 2.41. The van der Waals surface area contributed by atoms with Gasteiger partial charge in [0.15, 0.2) is 0 Å². The van der Waals surface area contributed by atoms with Crippen LogP contribution in [0.1, 0.15) is 0 Å². The summed E-state index contributed by atoms with van der Waals surface area (Å²) in [5, 5.41) is 3.24. The van der Waals surface area contributed by atoms with Crippen molar-refractivity contribution < 1.29 is 13.5 Å². The van der Waals surface area contributed by atoms with E-state index in [-0.39, 0.29) is 5.88 Å². The molecule has 4 nitrogen and oxygen atoms in total. The van der Waals surface area contributed by atoms with Crippen LogP contribution in [0.3, 0.4) is 0 Å². The van der Waals surface area contributed by atoms with E-state index in [0.717, 1.165) is 31.9 Å². The number of aromatic nitrogens is 1. The van der Waals surface area contributed by atoms with E-state index < -0.39 is 6.61 Å². The van der Waals surface area contributed by atoms with Crippen LogP contribution in [0, 0.1) is 0 Å². The number of piperazine rings is 1. The molecule has 1 aliphatic heterocycles. The fourth-order valence-corrected chi connectivity index (χ4v) is 1.64. The van der Waals surface area contributed by atoms with Crippen LogP contribution in [0.4, 0.5) is 14.5 Å². The quantitative estimate of drug-likeness (QED) is 0.842. The summed E-state index contributed by atoms with van der Waals surface area (Å²) in [4.78, 5) is 5.98. The average Bonchev–Trinajstić information content (AvgIpc) is 2.30. The van der Waals surface area contributed by atoms with E-state index in [1.807, 2.05) is 0 Å². The molecule has 88 valence electrons. The van der Waals surface area contributed by atoms with Crippen LogP contribution in [0.15, 0.2) is 18.3 Å². The molecule has 1 N–H and O–H groups in total. The molecule has 0 bridgehead atoms. The van der Waals surface area contributed by atoms with Crippen molar-refractivity contribution in [1.82, 2.24) is 10.3 Å². The molecule has 2 heterocycles. The number of nitrogens with zero attached hydrogens (tertiary/aromatic N) is 2. The lowest BCUT2D eigenvalue weighted by Crippen LogP contribution is -2.43. The van der Waals surface area contributed by atoms with Crippen LogP contribution in [0.25, 0.3) is 0 Å². The van der Waals surface area contributed by atoms with Gasteiger partial charge in [0.2, 0.25) is 5.88 Å². The molecule has 16 heavy (non-hydrogen) atoms. The monoisotopic (exact) mass is 229 g/mol. The zero-order valence-electron chi connectivity index (χ0n) is 8.70. The topological polar surface area (TPSA) is 37.4 Å². The standard InChI is InChI=1S/C10H13F2N3O/c11-10(12)16-9-2-1-8(7-14-9)15-5-3-13-4-6-15/h1-2,7,10,13H,3-6H2. The van der Waals surface area contributed by atoms with Gasteiger partial charge in [0.1, 0.15) is 0 Å². The van der Waals surface area contributed by atoms with E-state index in [1.54, 1.807) is 12.3 Å². The minimum Gasteiger partial charge on any atom is -0.417 e. The molecule has 1 aliphatic rings. The second kappa shape index (κ2) is 5.07. The molecule has 0 saturated carbocycles. The van der Waals surface area contributed by atoms with Crippen LogP contribution < -0.4 is 15.0 Å². The van der Waals surface area contributed by atoms with E-state index in [4.69, 9.17) is 0 Å². The second-order valence-corrected chi connectivity index (χ2v) is 3.47. The molecule has 6 heteroatoms. The molecule has 0 aliphatic carbocycles. The van der Waals surface area contributed by atoms with E-state index in [2.05, 4.69) is 19.9 Å². The van der Waals surface area contributed by atoms with Gasteiger partial charge in [-0.2, -0.15) is 8.78 Å². The van der Waals surface area contributed by atoms with Gasteiger partial charge in [-0.25, -0.2) is 4.98 Å². The fourth-order valence-electron chi connectivity index (χ4n) is 1.64. The summed E-state index contributed by atoms with van der Waals surface area (Å²) in [7, 11) is 0. The second-order valence-electron chi connectivity index (χ2n) is 3.47. The molecular formula is C10H13F2N3O. The van der Waals surface area contributed by atoms with Crippen molar-refractivity contribution in [3.05, 3.63) is 18.3 Å². The van der Waals surface area contributed by atoms with E-state index in [0.29, 0.717) is 0 Å². The Labute approximate surface area is 92.2 Å². The lowest BCUT2D eigenvalue weighted by Gasteiger charge is -2.29. The molecular weight excluding hydrogens is 216 g/mol. The van der Waals surface area contributed by atoms with Gasteiger partial charge in [0, 0.05) is 32.2 Å². The summed E-state index contributed by atoms with van der Waals surface area (Å²) in [6, 6.07) is 3.21. The van der Waals surface area contributed by atoms with Crippen LogP contribution in [0.2, 0.25) is 0 Å². The van der Waals surface area contributed by atoms with Crippen molar-refractivity contribution >= 4 is 5.69 Å². The zero-order chi connectivity index (χ0) is 11.4. The predicted octanol–water partition coefficient (Wildman–Crippen LogP) is 1.09. The fraction of sp³-hybridized carbons (Fsp3) is 0.500. The summed E-state index contributed by atoms with van der Waals surface area (Å²) in [6.07, 6.45) is 1.56. The van der Waals surface area contributed by atoms with Crippen molar-refractivity contribution in [1.29, 1.82) is 0 Å². The van der Waals surface area contributed by atoms with E-state index in [1.165, 1.54) is 6.07 Å². The zero-order valence-corrected chi connectivity index (χ0v) is 8.70. The normalized spacial score (nSPS) is 16.6. The Balaban J connectivity index is 2.00. The summed E-state index contributed by atoms with van der Waals surface area (Å²) in [5.41, 5.74) is 0.933. The molecule has 1 aromatic heterocycles. The molecule has 0 spiro atoms. The van der Waals surface area contributed by atoms with E-state index >= 15 is 0 Å². The lowest BCUT2D eigenvalue weighted by atomic mass is 10.3. The number of anilines is 1. The molecule has 0 aromatic carbocycles. The number of halogens is 2. The van der Waals surface area contributed by atoms with Crippen LogP contribution in [0.5, 0.6) is 5.88 Å². The highest BCUT2D eigenvalue weighted by Gasteiger charge is 2.11. The Morgan fingerprint density at radius 3 is 2.62 bits per heavy atom. The largest absolute Gasteiger partial charge is 0.417 e. The first kappa shape index (κ1) is 11.1. The molecule has 0 unspecified atom stereocenters. The molecule has 0 atom stereocenters. The summed E-state index contributed by atoms with van der Waals surface area (Å²) in [5.74, 6) is -0.0473. The Morgan fingerprint density at radius 1 is 1.31 bits per heavy atom. The Kier molecular flexibility index (Phi) is 3.51. The first-order valence-electron chi connectivity index (χ1n) is 5.12. The molecule has 1 saturated heterocycles. The minimum atomic E-state index is -2.82. The van der Waals surface area contributed by atoms with Gasteiger partial charge in [-0.1, -0.05) is 0 Å². The average molecular weight is 229 g/mol. The Morgan fingerprint density at radius 2 is 2.06 bits per heavy atom. The smallest absolute Gasteiger partial charge is 0.388 e. The van der Waals surface area contributed by atoms with Crippen LogP contribution in [-0.2, 0) is 0 Å². The van der Waals surface area contributed by atoms with Crippen molar-refractivity contribution in [2.45, 2.75) is 6.61 Å². The molecule has 1 fully saturated rings. The highest BCUT2D eigenvalue weighted by molar-refractivity contribution is 5.45. The van der Waals surface area contributed by atoms with Gasteiger partial charge in [0.25, 0.3) is 0 Å². The highest BCUT2D eigenvalue weighted by atomic mass is 19.3. The summed E-state index contributed by atoms with van der Waals surface area (Å²) < 4.78 is 28.0. The summed E-state index contributed by atoms with van der Waals surface area (Å²) in [6.45, 7) is 0.829. The van der Waals surface area contributed by atoms with Gasteiger partial charge < -0.3 is 15.0 Å². The van der Waals surface area contributed by atoms with Crippen molar-refractivity contribution in [3.8, 4) is 5.88 Å². The lowest BCUT2D eigenvalue weighted by molar-refractivity contribution is -0.0528. The van der Waals surface area contributed by atoms with Gasteiger partial charge in [-0.05, 0) is 6.07 Å². The van der Waals surface area contributed by atoms with Crippen molar-refractivity contribution in [2.24, 2.45) is 0 Å². The molecule has 0 amide bonds. The van der Waals surface area contributed by atoms with Crippen LogP contribution in [-0.4, -0.2) is 37.8 Å². The predicted molar refractivity (Wildman–Crippen MR) is 56.0 cm³/mol. The third-order valence-corrected chi connectivity index (χ3v) is 2.41. The van der Waals surface area contributed by atoms with E-state index in [9.17, 15) is 8.78 Å². The molecule has 1 aromatic rings. The number of nitrogens with one attached hydrogen (secondary N) is 1. The number of ether oxygens (including phenoxy) is 1. The summed E-state index contributed by atoms with van der Waals surface area (Å²) >= 11 is 0. The molecule has 0 radical (unpaired) electrons. The maximum Gasteiger partial charge on any atom is 0.388 e. The Bertz CT molecular complexity index is 325.